The third-order valence-electron chi connectivity index (χ3n) is 17.6. The van der Waals surface area contributed by atoms with Gasteiger partial charge in [-0.2, -0.15) is 15.2 Å². The van der Waals surface area contributed by atoms with E-state index < -0.39 is 5.91 Å². The van der Waals surface area contributed by atoms with E-state index in [2.05, 4.69) is 84.0 Å². The van der Waals surface area contributed by atoms with Gasteiger partial charge < -0.3 is 39.9 Å². The van der Waals surface area contributed by atoms with Crippen molar-refractivity contribution in [3.8, 4) is 40.7 Å². The largest absolute Gasteiger partial charge is 0.508 e. The van der Waals surface area contributed by atoms with Crippen LogP contribution in [-0.2, 0) is 29.1 Å². The number of phenolic OH excluding ortho intramolecular Hbond substituents is 2. The molecule has 3 atom stereocenters. The van der Waals surface area contributed by atoms with Gasteiger partial charge in [0.1, 0.15) is 23.9 Å². The van der Waals surface area contributed by atoms with E-state index in [1.807, 2.05) is 55.1 Å². The van der Waals surface area contributed by atoms with E-state index in [-0.39, 0.29) is 65.3 Å². The van der Waals surface area contributed by atoms with Crippen molar-refractivity contribution >= 4 is 51.6 Å². The SMILES string of the molecule is C=CC(=O)N1CCN(c2nc(OC[C@@H]3C[C@H](N4CCC(C(=O)N5CCN(Cc6ccc(-n7c(C(=O)NC)nnc7-c7cc(C(C)C)c(O)cc7O)cc6)CC5)CC4)CN3C)nc3c2CCN(c2cccc4cccc(Cl)c24)C3)C[C@@H]1CC#N. The number of hydrogen-bond donors (Lipinski definition) is 3. The number of amides is 3. The second kappa shape index (κ2) is 24.6. The fraction of sp³-hybridized carbons (Fsp3) is 0.452. The highest BCUT2D eigenvalue weighted by atomic mass is 35.5. The lowest BCUT2D eigenvalue weighted by atomic mass is 9.93. The number of nitriles is 1. The van der Waals surface area contributed by atoms with Gasteiger partial charge in [0, 0.05) is 119 Å². The highest BCUT2D eigenvalue weighted by molar-refractivity contribution is 6.36. The highest BCUT2D eigenvalue weighted by Gasteiger charge is 2.39. The number of phenols is 2. The summed E-state index contributed by atoms with van der Waals surface area (Å²) in [6.45, 7) is 16.9. The van der Waals surface area contributed by atoms with Crippen LogP contribution in [0.3, 0.4) is 0 Å². The number of likely N-dealkylation sites (N-methyl/N-ethyl adjacent to an activating group) is 1. The number of anilines is 2. The summed E-state index contributed by atoms with van der Waals surface area (Å²) in [6.07, 6.45) is 4.79. The van der Waals surface area contributed by atoms with Gasteiger partial charge in [-0.05, 0) is 105 Å². The van der Waals surface area contributed by atoms with Crippen LogP contribution >= 0.6 is 11.6 Å². The Balaban J connectivity index is 0.692. The zero-order chi connectivity index (χ0) is 58.1. The van der Waals surface area contributed by atoms with Gasteiger partial charge in [-0.15, -0.1) is 10.2 Å². The van der Waals surface area contributed by atoms with E-state index >= 15 is 0 Å². The summed E-state index contributed by atoms with van der Waals surface area (Å²) in [5, 5.41) is 45.2. The number of carbonyl (C=O) groups is 3. The molecule has 4 fully saturated rings. The van der Waals surface area contributed by atoms with Crippen LogP contribution in [0, 0.1) is 17.2 Å². The standard InChI is InChI=1S/C62H73ClN14O6/c1-6-55(80)76-30-29-75(36-44(76)17-21-64)57-47-20-24-74(52-12-8-10-41-9-7-11-50(63)56(41)52)37-51(47)66-62(67-57)83-38-46-31-45(35-70(46)5)72-22-18-42(19-23-72)61(82)73-27-25-71(26-28-73)34-40-13-15-43(16-14-40)77-58(68-69-59(77)60(81)65-4)49-32-48(39(2)3)53(78)33-54(49)79/h6-16,32-33,39,42,44-46,78-79H,1,17-20,22-31,34-38H2,2-5H3,(H,65,81)/t44-,45-,46-/m0/s1. The van der Waals surface area contributed by atoms with Crippen molar-refractivity contribution in [3.05, 3.63) is 119 Å². The number of halogens is 1. The van der Waals surface area contributed by atoms with Gasteiger partial charge in [-0.25, -0.2) is 0 Å². The normalized spacial score (nSPS) is 20.2. The van der Waals surface area contributed by atoms with Crippen molar-refractivity contribution in [1.82, 2.24) is 54.5 Å². The smallest absolute Gasteiger partial charge is 0.318 e. The van der Waals surface area contributed by atoms with Gasteiger partial charge in [0.15, 0.2) is 5.82 Å². The second-order valence-corrected chi connectivity index (χ2v) is 23.4. The maximum atomic E-state index is 14.0. The zero-order valence-corrected chi connectivity index (χ0v) is 48.5. The summed E-state index contributed by atoms with van der Waals surface area (Å²) in [4.78, 5) is 65.8. The Hall–Kier alpha value is -7.83. The molecule has 0 unspecified atom stereocenters. The Bertz CT molecular complexity index is 3440. The molecule has 11 rings (SSSR count). The molecule has 0 bridgehead atoms. The van der Waals surface area contributed by atoms with Crippen molar-refractivity contribution in [2.45, 2.75) is 83.1 Å². The third-order valence-corrected chi connectivity index (χ3v) is 17.9. The van der Waals surface area contributed by atoms with E-state index in [1.54, 1.807) is 15.5 Å². The molecular formula is C62H73ClN14O6. The lowest BCUT2D eigenvalue weighted by Gasteiger charge is -2.42. The molecule has 0 spiro atoms. The number of carbonyl (C=O) groups excluding carboxylic acids is 3. The lowest BCUT2D eigenvalue weighted by molar-refractivity contribution is -0.139. The minimum Gasteiger partial charge on any atom is -0.508 e. The fourth-order valence-electron chi connectivity index (χ4n) is 13.0. The van der Waals surface area contributed by atoms with Gasteiger partial charge in [0.25, 0.3) is 5.91 Å². The summed E-state index contributed by atoms with van der Waals surface area (Å²) in [5.41, 5.74) is 5.69. The van der Waals surface area contributed by atoms with Crippen molar-refractivity contribution < 1.29 is 29.3 Å². The molecule has 4 saturated heterocycles. The number of aromatic hydroxyl groups is 2. The number of hydrogen-bond acceptors (Lipinski definition) is 16. The number of piperidine rings is 1. The highest BCUT2D eigenvalue weighted by Crippen LogP contribution is 2.40. The van der Waals surface area contributed by atoms with Crippen molar-refractivity contribution in [2.24, 2.45) is 5.92 Å². The number of ether oxygens (including phenoxy) is 1. The van der Waals surface area contributed by atoms with Crippen LogP contribution in [0.4, 0.5) is 11.5 Å². The first-order valence-corrected chi connectivity index (χ1v) is 29.4. The minimum atomic E-state index is -0.432. The van der Waals surface area contributed by atoms with Crippen LogP contribution in [0.2, 0.25) is 5.02 Å². The molecule has 6 aromatic rings. The topological polar surface area (TPSA) is 216 Å². The van der Waals surface area contributed by atoms with Crippen molar-refractivity contribution in [2.75, 3.05) is 102 Å². The Kier molecular flexibility index (Phi) is 16.9. The molecule has 7 heterocycles. The van der Waals surface area contributed by atoms with Gasteiger partial charge in [0.05, 0.1) is 41.4 Å². The molecule has 2 aromatic heterocycles. The van der Waals surface area contributed by atoms with Gasteiger partial charge in [0.2, 0.25) is 17.6 Å². The molecular weight excluding hydrogens is 1070 g/mol. The van der Waals surface area contributed by atoms with E-state index in [1.165, 1.54) is 19.2 Å². The molecule has 3 N–H and O–H groups in total. The number of fused-ring (bicyclic) bond motifs is 2. The first-order valence-electron chi connectivity index (χ1n) is 29.0. The van der Waals surface area contributed by atoms with Gasteiger partial charge in [-0.1, -0.05) is 68.4 Å². The van der Waals surface area contributed by atoms with Crippen molar-refractivity contribution in [3.63, 3.8) is 0 Å². The number of likely N-dealkylation sites (tertiary alicyclic amines) is 2. The van der Waals surface area contributed by atoms with Crippen LogP contribution in [0.5, 0.6) is 17.5 Å². The number of rotatable bonds is 15. The van der Waals surface area contributed by atoms with Crippen LogP contribution in [0.1, 0.15) is 78.5 Å². The number of nitrogens with zero attached hydrogens (tertiary/aromatic N) is 13. The molecule has 5 aliphatic heterocycles. The summed E-state index contributed by atoms with van der Waals surface area (Å²) < 4.78 is 8.25. The number of aromatic nitrogens is 5. The quantitative estimate of drug-likeness (QED) is 0.0922. The average Bonchev–Trinajstić information content (AvgIpc) is 4.29. The second-order valence-electron chi connectivity index (χ2n) is 23.0. The van der Waals surface area contributed by atoms with E-state index in [4.69, 9.17) is 26.3 Å². The van der Waals surface area contributed by atoms with E-state index in [9.17, 15) is 29.9 Å². The predicted molar refractivity (Wildman–Crippen MR) is 318 cm³/mol. The summed E-state index contributed by atoms with van der Waals surface area (Å²) in [5.74, 6) is 0.551. The average molecular weight is 1150 g/mol. The lowest BCUT2D eigenvalue weighted by Crippen LogP contribution is -2.55. The van der Waals surface area contributed by atoms with E-state index in [0.717, 1.165) is 97.6 Å². The van der Waals surface area contributed by atoms with Gasteiger partial charge in [-0.3, -0.25) is 33.7 Å². The van der Waals surface area contributed by atoms with Crippen molar-refractivity contribution in [1.29, 1.82) is 5.26 Å². The van der Waals surface area contributed by atoms with Crippen LogP contribution < -0.4 is 19.9 Å². The minimum absolute atomic E-state index is 0.00388. The Morgan fingerprint density at radius 2 is 1.65 bits per heavy atom. The predicted octanol–water partition coefficient (Wildman–Crippen LogP) is 6.61. The molecule has 5 aliphatic rings. The number of nitrogens with one attached hydrogen (secondary N) is 1. The molecule has 434 valence electrons. The molecule has 0 saturated carbocycles. The first-order chi connectivity index (χ1) is 40.2. The molecule has 83 heavy (non-hydrogen) atoms. The number of piperazine rings is 2. The van der Waals surface area contributed by atoms with Crippen LogP contribution in [0.25, 0.3) is 27.8 Å². The Morgan fingerprint density at radius 1 is 0.892 bits per heavy atom. The molecule has 4 aromatic carbocycles. The van der Waals surface area contributed by atoms with Crippen LogP contribution in [-0.4, -0.2) is 188 Å². The molecule has 3 amide bonds. The van der Waals surface area contributed by atoms with Crippen LogP contribution in [0.15, 0.2) is 85.5 Å². The summed E-state index contributed by atoms with van der Waals surface area (Å²) in [7, 11) is 3.68. The summed E-state index contributed by atoms with van der Waals surface area (Å²) >= 11 is 6.83. The third kappa shape index (κ3) is 11.8. The number of benzene rings is 4. The zero-order valence-electron chi connectivity index (χ0n) is 47.8. The molecule has 0 aliphatic carbocycles. The first kappa shape index (κ1) is 57.0. The monoisotopic (exact) mass is 1140 g/mol. The van der Waals surface area contributed by atoms with E-state index in [0.29, 0.717) is 92.7 Å². The Labute approximate surface area is 489 Å². The fourth-order valence-corrected chi connectivity index (χ4v) is 13.3. The summed E-state index contributed by atoms with van der Waals surface area (Å²) in [6, 6.07) is 25.8. The van der Waals surface area contributed by atoms with Gasteiger partial charge >= 0.3 is 6.01 Å². The molecule has 21 heteroatoms. The molecule has 0 radical (unpaired) electrons. The Morgan fingerprint density at radius 3 is 2.37 bits per heavy atom. The molecule has 20 nitrogen and oxygen atoms in total. The maximum Gasteiger partial charge on any atom is 0.318 e. The maximum absolute atomic E-state index is 14.0.